The Hall–Kier alpha value is -0.530. The topological polar surface area (TPSA) is 12.0 Å². The van der Waals surface area contributed by atoms with Gasteiger partial charge >= 0.3 is 0 Å². The molecule has 0 aromatic heterocycles. The van der Waals surface area contributed by atoms with Gasteiger partial charge in [0.15, 0.2) is 0 Å². The van der Waals surface area contributed by atoms with E-state index in [2.05, 4.69) is 51.2 Å². The van der Waals surface area contributed by atoms with Gasteiger partial charge in [0, 0.05) is 5.02 Å². The lowest BCUT2D eigenvalue weighted by atomic mass is 10.0. The van der Waals surface area contributed by atoms with Gasteiger partial charge in [0.2, 0.25) is 0 Å². The van der Waals surface area contributed by atoms with Crippen molar-refractivity contribution in [3.05, 3.63) is 34.9 Å². The number of nitrogens with one attached hydrogen (secondary N) is 1. The zero-order valence-corrected chi connectivity index (χ0v) is 12.6. The van der Waals surface area contributed by atoms with Crippen LogP contribution in [0.4, 0.5) is 0 Å². The fourth-order valence-corrected chi connectivity index (χ4v) is 3.21. The van der Waals surface area contributed by atoms with E-state index >= 15 is 0 Å². The highest BCUT2D eigenvalue weighted by atomic mass is 35.5. The van der Waals surface area contributed by atoms with Gasteiger partial charge in [-0.25, -0.2) is 0 Å². The molecule has 2 unspecified atom stereocenters. The summed E-state index contributed by atoms with van der Waals surface area (Å²) >= 11 is 6.09. The molecule has 0 amide bonds. The number of halogens is 1. The van der Waals surface area contributed by atoms with E-state index in [1.807, 2.05) is 6.07 Å². The Balaban J connectivity index is 1.98. The molecular weight excluding hydrogens is 242 g/mol. The molecule has 1 saturated carbocycles. The van der Waals surface area contributed by atoms with Gasteiger partial charge in [-0.05, 0) is 54.0 Å². The molecule has 1 aliphatic carbocycles. The third-order valence-electron chi connectivity index (χ3n) is 4.18. The molecule has 1 nitrogen and oxygen atoms in total. The van der Waals surface area contributed by atoms with E-state index in [-0.39, 0.29) is 0 Å². The van der Waals surface area contributed by atoms with Crippen LogP contribution in [0, 0.1) is 17.3 Å². The van der Waals surface area contributed by atoms with Crippen LogP contribution in [0.15, 0.2) is 24.3 Å². The Kier molecular flexibility index (Phi) is 4.03. The molecular formula is C16H24ClN. The monoisotopic (exact) mass is 265 g/mol. The maximum atomic E-state index is 6.09. The van der Waals surface area contributed by atoms with Gasteiger partial charge in [-0.2, -0.15) is 0 Å². The minimum absolute atomic E-state index is 0.397. The molecule has 100 valence electrons. The summed E-state index contributed by atoms with van der Waals surface area (Å²) in [5, 5.41) is 4.43. The maximum absolute atomic E-state index is 6.09. The first kappa shape index (κ1) is 13.9. The fraction of sp³-hybridized carbons (Fsp3) is 0.625. The van der Waals surface area contributed by atoms with E-state index in [4.69, 9.17) is 11.6 Å². The van der Waals surface area contributed by atoms with Crippen LogP contribution in [-0.4, -0.2) is 13.1 Å². The van der Waals surface area contributed by atoms with Crippen molar-refractivity contribution in [1.29, 1.82) is 0 Å². The second-order valence-corrected chi connectivity index (χ2v) is 6.95. The lowest BCUT2D eigenvalue weighted by molar-refractivity contribution is 0.487. The molecule has 2 heteroatoms. The van der Waals surface area contributed by atoms with E-state index in [9.17, 15) is 0 Å². The van der Waals surface area contributed by atoms with Crippen molar-refractivity contribution >= 4 is 11.6 Å². The minimum Gasteiger partial charge on any atom is -0.316 e. The first-order valence-electron chi connectivity index (χ1n) is 6.89. The summed E-state index contributed by atoms with van der Waals surface area (Å²) in [4.78, 5) is 0. The molecule has 2 atom stereocenters. The Labute approximate surface area is 116 Å². The van der Waals surface area contributed by atoms with Crippen molar-refractivity contribution in [3.8, 4) is 0 Å². The predicted octanol–water partition coefficient (Wildman–Crippen LogP) is 4.33. The zero-order chi connectivity index (χ0) is 13.3. The van der Waals surface area contributed by atoms with Gasteiger partial charge in [-0.3, -0.25) is 0 Å². The van der Waals surface area contributed by atoms with Crippen LogP contribution in [0.3, 0.4) is 0 Å². The van der Waals surface area contributed by atoms with Crippen LogP contribution in [0.2, 0.25) is 5.02 Å². The van der Waals surface area contributed by atoms with E-state index in [0.29, 0.717) is 11.3 Å². The van der Waals surface area contributed by atoms with Crippen molar-refractivity contribution in [2.45, 2.75) is 33.6 Å². The van der Waals surface area contributed by atoms with E-state index < -0.39 is 0 Å². The van der Waals surface area contributed by atoms with Crippen molar-refractivity contribution in [2.24, 2.45) is 17.3 Å². The summed E-state index contributed by atoms with van der Waals surface area (Å²) < 4.78 is 0. The molecule has 0 radical (unpaired) electrons. The molecule has 1 aromatic carbocycles. The summed E-state index contributed by atoms with van der Waals surface area (Å²) in [6.07, 6.45) is 0. The summed E-state index contributed by atoms with van der Waals surface area (Å²) in [5.74, 6) is 2.10. The standard InChI is InChI=1S/C16H24ClN/c1-11(2)9-18-10-14-15(16(14,3)4)12-6-5-7-13(17)8-12/h5-8,11,14-15,18H,9-10H2,1-4H3. The fourth-order valence-electron chi connectivity index (χ4n) is 3.01. The molecule has 1 aliphatic rings. The number of hydrogen-bond donors (Lipinski definition) is 1. The van der Waals surface area contributed by atoms with Crippen molar-refractivity contribution < 1.29 is 0 Å². The smallest absolute Gasteiger partial charge is 0.0408 e. The summed E-state index contributed by atoms with van der Waals surface area (Å²) in [5.41, 5.74) is 1.79. The van der Waals surface area contributed by atoms with Crippen molar-refractivity contribution in [2.75, 3.05) is 13.1 Å². The van der Waals surface area contributed by atoms with Gasteiger partial charge in [0.05, 0.1) is 0 Å². The van der Waals surface area contributed by atoms with Crippen LogP contribution < -0.4 is 5.32 Å². The minimum atomic E-state index is 0.397. The molecule has 1 aromatic rings. The number of benzene rings is 1. The van der Waals surface area contributed by atoms with Crippen molar-refractivity contribution in [1.82, 2.24) is 5.32 Å². The highest BCUT2D eigenvalue weighted by molar-refractivity contribution is 6.30. The van der Waals surface area contributed by atoms with E-state index in [1.165, 1.54) is 5.56 Å². The zero-order valence-electron chi connectivity index (χ0n) is 11.8. The third kappa shape index (κ3) is 2.89. The summed E-state index contributed by atoms with van der Waals surface area (Å²) in [6, 6.07) is 8.34. The molecule has 1 N–H and O–H groups in total. The average Bonchev–Trinajstić information content (AvgIpc) is 2.80. The molecule has 0 bridgehead atoms. The number of rotatable bonds is 5. The van der Waals surface area contributed by atoms with Gasteiger partial charge in [-0.1, -0.05) is 51.4 Å². The normalized spacial score (nSPS) is 25.4. The summed E-state index contributed by atoms with van der Waals surface area (Å²) in [6.45, 7) is 11.4. The second kappa shape index (κ2) is 5.22. The highest BCUT2D eigenvalue weighted by Crippen LogP contribution is 2.64. The van der Waals surface area contributed by atoms with E-state index in [1.54, 1.807) is 0 Å². The quantitative estimate of drug-likeness (QED) is 0.836. The van der Waals surface area contributed by atoms with Crippen LogP contribution in [-0.2, 0) is 0 Å². The molecule has 0 aliphatic heterocycles. The van der Waals surface area contributed by atoms with Crippen LogP contribution in [0.5, 0.6) is 0 Å². The largest absolute Gasteiger partial charge is 0.316 e. The third-order valence-corrected chi connectivity index (χ3v) is 4.41. The first-order valence-corrected chi connectivity index (χ1v) is 7.27. The van der Waals surface area contributed by atoms with Gasteiger partial charge in [-0.15, -0.1) is 0 Å². The predicted molar refractivity (Wildman–Crippen MR) is 79.2 cm³/mol. The van der Waals surface area contributed by atoms with Gasteiger partial charge in [0.25, 0.3) is 0 Å². The van der Waals surface area contributed by atoms with Gasteiger partial charge < -0.3 is 5.32 Å². The molecule has 2 rings (SSSR count). The molecule has 0 heterocycles. The van der Waals surface area contributed by atoms with Crippen LogP contribution in [0.1, 0.15) is 39.2 Å². The lowest BCUT2D eigenvalue weighted by Crippen LogP contribution is -2.23. The van der Waals surface area contributed by atoms with E-state index in [0.717, 1.165) is 29.9 Å². The lowest BCUT2D eigenvalue weighted by Gasteiger charge is -2.07. The van der Waals surface area contributed by atoms with Crippen LogP contribution in [0.25, 0.3) is 0 Å². The van der Waals surface area contributed by atoms with Crippen LogP contribution >= 0.6 is 11.6 Å². The SMILES string of the molecule is CC(C)CNCC1C(c2cccc(Cl)c2)C1(C)C. The Bertz CT molecular complexity index is 411. The highest BCUT2D eigenvalue weighted by Gasteiger charge is 2.57. The summed E-state index contributed by atoms with van der Waals surface area (Å²) in [7, 11) is 0. The molecule has 1 fully saturated rings. The Morgan fingerprint density at radius 2 is 2.06 bits per heavy atom. The second-order valence-electron chi connectivity index (χ2n) is 6.51. The average molecular weight is 266 g/mol. The Morgan fingerprint density at radius 3 is 2.67 bits per heavy atom. The molecule has 0 saturated heterocycles. The number of hydrogen-bond acceptors (Lipinski definition) is 1. The first-order chi connectivity index (χ1) is 8.43. The van der Waals surface area contributed by atoms with Crippen molar-refractivity contribution in [3.63, 3.8) is 0 Å². The maximum Gasteiger partial charge on any atom is 0.0408 e. The molecule has 18 heavy (non-hydrogen) atoms. The molecule has 0 spiro atoms. The Morgan fingerprint density at radius 1 is 1.33 bits per heavy atom. The van der Waals surface area contributed by atoms with Gasteiger partial charge in [0.1, 0.15) is 0 Å².